The number of carbonyl (C=O) groups excluding carboxylic acids is 1. The number of hydrogen-bond donors (Lipinski definition) is 1. The molecule has 0 bridgehead atoms. The minimum atomic E-state index is -3.64. The van der Waals surface area contributed by atoms with Crippen LogP contribution in [0.25, 0.3) is 0 Å². The molecule has 1 aliphatic rings. The Morgan fingerprint density at radius 1 is 1.13 bits per heavy atom. The highest BCUT2D eigenvalue weighted by molar-refractivity contribution is 6.74. The first-order chi connectivity index (χ1) is 13.4. The first-order valence-electron chi connectivity index (χ1n) is 9.74. The van der Waals surface area contributed by atoms with Crippen molar-refractivity contribution in [2.75, 3.05) is 18.1 Å². The molecule has 1 aliphatic heterocycles. The standard InChI is InChI=1S/C19H31F2N3O5Si/c1-17(2,3)29-16(27)23-9-10-24-14(23)12(15(25)26)13(22-24)19(20,21)11-28-30(7,8)18(4,5)6/h9-11H2,1-8H3,(H,25,26). The molecule has 8 nitrogen and oxygen atoms in total. The molecule has 0 atom stereocenters. The average molecular weight is 448 g/mol. The summed E-state index contributed by atoms with van der Waals surface area (Å²) in [5.41, 5.74) is -2.43. The summed E-state index contributed by atoms with van der Waals surface area (Å²) in [5.74, 6) is -5.42. The van der Waals surface area contributed by atoms with Crippen LogP contribution in [-0.4, -0.2) is 54.0 Å². The molecule has 0 fully saturated rings. The van der Waals surface area contributed by atoms with Crippen molar-refractivity contribution in [3.8, 4) is 0 Å². The van der Waals surface area contributed by atoms with Gasteiger partial charge in [-0.3, -0.25) is 4.90 Å². The van der Waals surface area contributed by atoms with Crippen LogP contribution in [0.1, 0.15) is 57.6 Å². The van der Waals surface area contributed by atoms with Gasteiger partial charge in [-0.25, -0.2) is 14.3 Å². The van der Waals surface area contributed by atoms with E-state index in [0.29, 0.717) is 0 Å². The van der Waals surface area contributed by atoms with E-state index in [9.17, 15) is 14.7 Å². The Morgan fingerprint density at radius 3 is 2.17 bits per heavy atom. The number of alkyl halides is 2. The highest BCUT2D eigenvalue weighted by Crippen LogP contribution is 2.41. The third kappa shape index (κ3) is 4.83. The number of carboxylic acids is 1. The van der Waals surface area contributed by atoms with Gasteiger partial charge in [0, 0.05) is 0 Å². The number of carboxylic acid groups (broad SMARTS) is 1. The highest BCUT2D eigenvalue weighted by atomic mass is 28.4. The molecule has 0 aliphatic carbocycles. The molecular formula is C19H31F2N3O5Si. The number of ether oxygens (including phenoxy) is 1. The number of aromatic nitrogens is 2. The smallest absolute Gasteiger partial charge is 0.416 e. The number of fused-ring (bicyclic) bond motifs is 1. The number of carbonyl (C=O) groups is 2. The number of halogens is 2. The van der Waals surface area contributed by atoms with E-state index in [1.54, 1.807) is 20.8 Å². The summed E-state index contributed by atoms with van der Waals surface area (Å²) >= 11 is 0. The van der Waals surface area contributed by atoms with Gasteiger partial charge in [0.05, 0.1) is 13.1 Å². The summed E-state index contributed by atoms with van der Waals surface area (Å²) in [7, 11) is -2.50. The van der Waals surface area contributed by atoms with Crippen LogP contribution in [0, 0.1) is 0 Å². The second-order valence-corrected chi connectivity index (χ2v) is 14.8. The lowest BCUT2D eigenvalue weighted by atomic mass is 10.1. The normalized spacial score (nSPS) is 15.3. The second kappa shape index (κ2) is 7.59. The number of nitrogens with zero attached hydrogens (tertiary/aromatic N) is 3. The van der Waals surface area contributed by atoms with E-state index < -0.39 is 49.8 Å². The number of rotatable bonds is 5. The van der Waals surface area contributed by atoms with E-state index in [1.807, 2.05) is 33.9 Å². The molecule has 30 heavy (non-hydrogen) atoms. The maximum atomic E-state index is 15.1. The Labute approximate surface area is 176 Å². The van der Waals surface area contributed by atoms with Crippen molar-refractivity contribution in [1.82, 2.24) is 9.78 Å². The average Bonchev–Trinajstić information content (AvgIpc) is 3.09. The molecule has 0 saturated carbocycles. The van der Waals surface area contributed by atoms with Crippen LogP contribution in [0.4, 0.5) is 19.4 Å². The summed E-state index contributed by atoms with van der Waals surface area (Å²) < 4.78 is 42.2. The van der Waals surface area contributed by atoms with Gasteiger partial charge in [0.2, 0.25) is 0 Å². The summed E-state index contributed by atoms with van der Waals surface area (Å²) in [6, 6.07) is 0. The molecule has 170 valence electrons. The van der Waals surface area contributed by atoms with Gasteiger partial charge in [0.25, 0.3) is 0 Å². The number of aromatic carboxylic acids is 1. The molecule has 1 amide bonds. The van der Waals surface area contributed by atoms with E-state index in [-0.39, 0.29) is 23.9 Å². The maximum Gasteiger partial charge on any atom is 0.416 e. The summed E-state index contributed by atoms with van der Waals surface area (Å²) in [6.07, 6.45) is -0.809. The predicted octanol–water partition coefficient (Wildman–Crippen LogP) is 4.45. The molecule has 2 heterocycles. The quantitative estimate of drug-likeness (QED) is 0.670. The van der Waals surface area contributed by atoms with Gasteiger partial charge in [-0.2, -0.15) is 13.9 Å². The first kappa shape index (κ1) is 24.3. The van der Waals surface area contributed by atoms with E-state index >= 15 is 8.78 Å². The molecular weight excluding hydrogens is 416 g/mol. The van der Waals surface area contributed by atoms with Gasteiger partial charge >= 0.3 is 18.0 Å². The van der Waals surface area contributed by atoms with Crippen LogP contribution in [0.3, 0.4) is 0 Å². The third-order valence-corrected chi connectivity index (χ3v) is 9.79. The lowest BCUT2D eigenvalue weighted by molar-refractivity contribution is -0.0557. The van der Waals surface area contributed by atoms with Gasteiger partial charge in [-0.15, -0.1) is 0 Å². The van der Waals surface area contributed by atoms with Crippen LogP contribution in [0.5, 0.6) is 0 Å². The molecule has 1 N–H and O–H groups in total. The van der Waals surface area contributed by atoms with Gasteiger partial charge in [-0.1, -0.05) is 20.8 Å². The maximum absolute atomic E-state index is 15.1. The lowest BCUT2D eigenvalue weighted by Gasteiger charge is -2.37. The highest BCUT2D eigenvalue weighted by Gasteiger charge is 2.48. The van der Waals surface area contributed by atoms with Crippen molar-refractivity contribution < 1.29 is 32.6 Å². The minimum absolute atomic E-state index is 0.0871. The summed E-state index contributed by atoms with van der Waals surface area (Å²) in [5, 5.41) is 13.2. The van der Waals surface area contributed by atoms with Gasteiger partial charge in [0.15, 0.2) is 19.8 Å². The van der Waals surface area contributed by atoms with Crippen molar-refractivity contribution in [3.05, 3.63) is 11.3 Å². The molecule has 0 aromatic carbocycles. The Balaban J connectivity index is 2.41. The molecule has 0 unspecified atom stereocenters. The third-order valence-electron chi connectivity index (χ3n) is 5.31. The molecule has 2 rings (SSSR count). The first-order valence-corrected chi connectivity index (χ1v) is 12.6. The fraction of sp³-hybridized carbons (Fsp3) is 0.737. The van der Waals surface area contributed by atoms with Crippen LogP contribution in [-0.2, 0) is 21.6 Å². The van der Waals surface area contributed by atoms with Gasteiger partial charge in [0.1, 0.15) is 17.8 Å². The van der Waals surface area contributed by atoms with Crippen molar-refractivity contribution in [2.24, 2.45) is 0 Å². The van der Waals surface area contributed by atoms with Crippen molar-refractivity contribution in [1.29, 1.82) is 0 Å². The Morgan fingerprint density at radius 2 is 1.70 bits per heavy atom. The molecule has 0 radical (unpaired) electrons. The molecule has 1 aromatic rings. The van der Waals surface area contributed by atoms with E-state index in [4.69, 9.17) is 9.16 Å². The monoisotopic (exact) mass is 447 g/mol. The van der Waals surface area contributed by atoms with Crippen molar-refractivity contribution in [3.63, 3.8) is 0 Å². The summed E-state index contributed by atoms with van der Waals surface area (Å²) in [6.45, 7) is 13.6. The van der Waals surface area contributed by atoms with Crippen LogP contribution >= 0.6 is 0 Å². The van der Waals surface area contributed by atoms with Crippen molar-refractivity contribution in [2.45, 2.75) is 77.7 Å². The topological polar surface area (TPSA) is 93.9 Å². The minimum Gasteiger partial charge on any atom is -0.477 e. The van der Waals surface area contributed by atoms with Crippen LogP contribution in [0.2, 0.25) is 18.1 Å². The molecule has 1 aromatic heterocycles. The van der Waals surface area contributed by atoms with Gasteiger partial charge in [-0.05, 0) is 38.9 Å². The Kier molecular flexibility index (Phi) is 6.14. The zero-order chi connectivity index (χ0) is 23.3. The largest absolute Gasteiger partial charge is 0.477 e. The predicted molar refractivity (Wildman–Crippen MR) is 110 cm³/mol. The number of anilines is 1. The number of amides is 1. The fourth-order valence-electron chi connectivity index (χ4n) is 2.69. The SMILES string of the molecule is CC(C)(C)OC(=O)N1CCn2nc(C(F)(F)CO[Si](C)(C)C(C)(C)C)c(C(=O)O)c21. The van der Waals surface area contributed by atoms with E-state index in [1.165, 1.54) is 0 Å². The van der Waals surface area contributed by atoms with E-state index in [0.717, 1.165) is 9.58 Å². The number of hydrogen-bond acceptors (Lipinski definition) is 5. The molecule has 0 spiro atoms. The fourth-order valence-corrected chi connectivity index (χ4v) is 3.66. The van der Waals surface area contributed by atoms with Crippen LogP contribution < -0.4 is 4.90 Å². The summed E-state index contributed by atoms with van der Waals surface area (Å²) in [4.78, 5) is 25.4. The van der Waals surface area contributed by atoms with Crippen molar-refractivity contribution >= 4 is 26.2 Å². The molecule has 0 saturated heterocycles. The van der Waals surface area contributed by atoms with Crippen LogP contribution in [0.15, 0.2) is 0 Å². The van der Waals surface area contributed by atoms with E-state index in [2.05, 4.69) is 5.10 Å². The Bertz CT molecular complexity index is 840. The van der Waals surface area contributed by atoms with Gasteiger partial charge < -0.3 is 14.3 Å². The Hall–Kier alpha value is -2.01. The molecule has 11 heteroatoms. The zero-order valence-corrected chi connectivity index (χ0v) is 19.8. The lowest BCUT2D eigenvalue weighted by Crippen LogP contribution is -2.43. The zero-order valence-electron chi connectivity index (χ0n) is 18.8. The second-order valence-electron chi connectivity index (χ2n) is 9.96.